The lowest BCUT2D eigenvalue weighted by Gasteiger charge is -2.43. The van der Waals surface area contributed by atoms with Crippen molar-refractivity contribution in [3.63, 3.8) is 0 Å². The number of amides is 3. The predicted molar refractivity (Wildman–Crippen MR) is 97.2 cm³/mol. The lowest BCUT2D eigenvalue weighted by atomic mass is 10.00. The highest BCUT2D eigenvalue weighted by molar-refractivity contribution is 7.89. The van der Waals surface area contributed by atoms with E-state index in [4.69, 9.17) is 10.6 Å². The minimum Gasteiger partial charge on any atom is -0.398 e. The molecule has 28 heavy (non-hydrogen) atoms. The third-order valence-corrected chi connectivity index (χ3v) is 4.69. The molecule has 1 fully saturated rings. The van der Waals surface area contributed by atoms with Gasteiger partial charge in [-0.3, -0.25) is 23.9 Å². The normalized spacial score (nSPS) is 19.8. The first kappa shape index (κ1) is 21.5. The highest BCUT2D eigenvalue weighted by Crippen LogP contribution is 2.20. The van der Waals surface area contributed by atoms with E-state index in [0.717, 1.165) is 22.7 Å². The lowest BCUT2D eigenvalue weighted by Crippen LogP contribution is -2.70. The summed E-state index contributed by atoms with van der Waals surface area (Å²) in [7, 11) is -2.49. The number of rotatable bonds is 8. The van der Waals surface area contributed by atoms with Gasteiger partial charge in [-0.25, -0.2) is 18.5 Å². The van der Waals surface area contributed by atoms with Gasteiger partial charge in [-0.15, -0.1) is 11.3 Å². The summed E-state index contributed by atoms with van der Waals surface area (Å²) in [6.07, 6.45) is 0.809. The molecule has 3 amide bonds. The van der Waals surface area contributed by atoms with E-state index in [0.29, 0.717) is 0 Å². The van der Waals surface area contributed by atoms with Crippen LogP contribution in [0.1, 0.15) is 12.6 Å². The SMILES string of the molecule is CO/N=C(\C(=O)N[C@@H]1C(=O)N(OCC(=O)NS(C)(=O)=O)[C@H]1C)c1csc(N)n1. The van der Waals surface area contributed by atoms with E-state index < -0.39 is 46.4 Å². The molecule has 1 aliphatic heterocycles. The molecular weight excluding hydrogens is 416 g/mol. The van der Waals surface area contributed by atoms with E-state index >= 15 is 0 Å². The molecule has 0 radical (unpaired) electrons. The first-order chi connectivity index (χ1) is 13.0. The number of oxime groups is 1. The third-order valence-electron chi connectivity index (χ3n) is 3.42. The van der Waals surface area contributed by atoms with Crippen LogP contribution in [-0.4, -0.2) is 74.0 Å². The molecule has 0 saturated carbocycles. The Labute approximate surface area is 163 Å². The molecule has 2 heterocycles. The number of hydroxylamine groups is 2. The van der Waals surface area contributed by atoms with Crippen LogP contribution in [0.4, 0.5) is 5.13 Å². The number of nitrogens with zero attached hydrogens (tertiary/aromatic N) is 3. The van der Waals surface area contributed by atoms with Gasteiger partial charge in [-0.2, -0.15) is 0 Å². The quantitative estimate of drug-likeness (QED) is 0.232. The molecule has 154 valence electrons. The number of thiazole rings is 1. The number of nitrogens with two attached hydrogens (primary N) is 1. The van der Waals surface area contributed by atoms with Crippen molar-refractivity contribution >= 4 is 49.9 Å². The van der Waals surface area contributed by atoms with Gasteiger partial charge in [0.05, 0.1) is 12.3 Å². The van der Waals surface area contributed by atoms with Gasteiger partial charge in [0, 0.05) is 5.38 Å². The summed E-state index contributed by atoms with van der Waals surface area (Å²) in [5.74, 6) is -2.28. The van der Waals surface area contributed by atoms with E-state index in [1.54, 1.807) is 11.6 Å². The van der Waals surface area contributed by atoms with Gasteiger partial charge in [0.25, 0.3) is 17.7 Å². The molecule has 13 nitrogen and oxygen atoms in total. The number of β-lactam (4-membered cyclic amide) rings is 1. The molecule has 1 aromatic heterocycles. The number of hydrogen-bond acceptors (Lipinski definition) is 11. The van der Waals surface area contributed by atoms with E-state index in [-0.39, 0.29) is 16.5 Å². The summed E-state index contributed by atoms with van der Waals surface area (Å²) in [6.45, 7) is 0.882. The van der Waals surface area contributed by atoms with Crippen LogP contribution >= 0.6 is 11.3 Å². The number of aromatic nitrogens is 1. The second-order valence-corrected chi connectivity index (χ2v) is 8.26. The Hall–Kier alpha value is -2.78. The van der Waals surface area contributed by atoms with Gasteiger partial charge in [-0.05, 0) is 6.92 Å². The van der Waals surface area contributed by atoms with Gasteiger partial charge in [-0.1, -0.05) is 5.16 Å². The van der Waals surface area contributed by atoms with E-state index in [2.05, 4.69) is 20.3 Å². The highest BCUT2D eigenvalue weighted by atomic mass is 32.2. The maximum atomic E-state index is 12.4. The Morgan fingerprint density at radius 3 is 2.64 bits per heavy atom. The predicted octanol–water partition coefficient (Wildman–Crippen LogP) is -2.20. The number of anilines is 1. The summed E-state index contributed by atoms with van der Waals surface area (Å²) >= 11 is 1.10. The molecular formula is C13H18N6O7S2. The standard InChI is InChI=1S/C13H18N6O7S2/c1-6-9(12(22)19(6)26-4-8(20)18-28(3,23)24)16-11(21)10(17-25-2)7-5-27-13(14)15-7/h5-6,9H,4H2,1-3H3,(H2,14,15)(H,16,21)(H,18,20)/b17-10-/t6-,9-/m0/s1. The van der Waals surface area contributed by atoms with Crippen LogP contribution in [0.2, 0.25) is 0 Å². The van der Waals surface area contributed by atoms with Crippen molar-refractivity contribution in [1.29, 1.82) is 0 Å². The number of nitrogen functional groups attached to an aromatic ring is 1. The summed E-state index contributed by atoms with van der Waals surface area (Å²) in [5, 5.41) is 8.68. The van der Waals surface area contributed by atoms with Crippen molar-refractivity contribution in [3.8, 4) is 0 Å². The van der Waals surface area contributed by atoms with Gasteiger partial charge in [0.15, 0.2) is 17.5 Å². The topological polar surface area (TPSA) is 182 Å². The summed E-state index contributed by atoms with van der Waals surface area (Å²) < 4.78 is 23.6. The minimum absolute atomic E-state index is 0.164. The molecule has 0 bridgehead atoms. The van der Waals surface area contributed by atoms with Crippen molar-refractivity contribution in [2.45, 2.75) is 19.0 Å². The van der Waals surface area contributed by atoms with Crippen LogP contribution in [0.3, 0.4) is 0 Å². The average molecular weight is 434 g/mol. The zero-order chi connectivity index (χ0) is 21.1. The first-order valence-corrected chi connectivity index (χ1v) is 10.4. The maximum Gasteiger partial charge on any atom is 0.276 e. The van der Waals surface area contributed by atoms with Crippen LogP contribution in [0.15, 0.2) is 10.5 Å². The molecule has 2 atom stereocenters. The molecule has 1 saturated heterocycles. The summed E-state index contributed by atoms with van der Waals surface area (Å²) in [5.41, 5.74) is 5.56. The first-order valence-electron chi connectivity index (χ1n) is 7.63. The molecule has 0 aliphatic carbocycles. The fourth-order valence-corrected chi connectivity index (χ4v) is 3.25. The fraction of sp³-hybridized carbons (Fsp3) is 0.462. The van der Waals surface area contributed by atoms with Crippen molar-refractivity contribution in [2.75, 3.05) is 25.7 Å². The molecule has 0 spiro atoms. The van der Waals surface area contributed by atoms with Crippen LogP contribution in [-0.2, 0) is 34.1 Å². The van der Waals surface area contributed by atoms with Crippen molar-refractivity contribution in [3.05, 3.63) is 11.1 Å². The molecule has 15 heteroatoms. The molecule has 0 unspecified atom stereocenters. The zero-order valence-corrected chi connectivity index (χ0v) is 16.7. The van der Waals surface area contributed by atoms with E-state index in [9.17, 15) is 22.8 Å². The molecule has 4 N–H and O–H groups in total. The Morgan fingerprint density at radius 2 is 2.14 bits per heavy atom. The van der Waals surface area contributed by atoms with Crippen LogP contribution in [0.5, 0.6) is 0 Å². The van der Waals surface area contributed by atoms with Crippen LogP contribution < -0.4 is 15.8 Å². The van der Waals surface area contributed by atoms with E-state index in [1.165, 1.54) is 12.5 Å². The van der Waals surface area contributed by atoms with Crippen molar-refractivity contribution in [2.24, 2.45) is 5.16 Å². The van der Waals surface area contributed by atoms with E-state index in [1.807, 2.05) is 0 Å². The van der Waals surface area contributed by atoms with Gasteiger partial charge >= 0.3 is 0 Å². The van der Waals surface area contributed by atoms with Gasteiger partial charge in [0.2, 0.25) is 10.0 Å². The summed E-state index contributed by atoms with van der Waals surface area (Å²) in [4.78, 5) is 49.6. The lowest BCUT2D eigenvalue weighted by molar-refractivity contribution is -0.230. The second-order valence-electron chi connectivity index (χ2n) is 5.62. The number of sulfonamides is 1. The zero-order valence-electron chi connectivity index (χ0n) is 15.0. The van der Waals surface area contributed by atoms with Crippen molar-refractivity contribution < 1.29 is 32.5 Å². The Morgan fingerprint density at radius 1 is 1.46 bits per heavy atom. The van der Waals surface area contributed by atoms with Gasteiger partial charge < -0.3 is 15.9 Å². The largest absolute Gasteiger partial charge is 0.398 e. The molecule has 2 rings (SSSR count). The molecule has 0 aromatic carbocycles. The number of hydrogen-bond donors (Lipinski definition) is 3. The monoisotopic (exact) mass is 434 g/mol. The summed E-state index contributed by atoms with van der Waals surface area (Å²) in [6, 6.07) is -1.56. The number of carbonyl (C=O) groups excluding carboxylic acids is 3. The Balaban J connectivity index is 1.95. The second kappa shape index (κ2) is 8.49. The molecule has 1 aromatic rings. The van der Waals surface area contributed by atoms with Crippen LogP contribution in [0, 0.1) is 0 Å². The Bertz CT molecular complexity index is 912. The Kier molecular flexibility index (Phi) is 6.52. The fourth-order valence-electron chi connectivity index (χ4n) is 2.23. The third kappa shape index (κ3) is 5.14. The molecule has 1 aliphatic rings. The number of nitrogens with one attached hydrogen (secondary N) is 2. The van der Waals surface area contributed by atoms with Crippen molar-refractivity contribution in [1.82, 2.24) is 20.1 Å². The minimum atomic E-state index is -3.73. The highest BCUT2D eigenvalue weighted by Gasteiger charge is 2.47. The smallest absolute Gasteiger partial charge is 0.276 e. The average Bonchev–Trinajstić information content (AvgIpc) is 3.01. The van der Waals surface area contributed by atoms with Crippen LogP contribution in [0.25, 0.3) is 0 Å². The number of carbonyl (C=O) groups is 3. The maximum absolute atomic E-state index is 12.4. The van der Waals surface area contributed by atoms with Gasteiger partial charge in [0.1, 0.15) is 18.8 Å².